The average molecular weight is 367 g/mol. The quantitative estimate of drug-likeness (QED) is 0.724. The number of hydrogen-bond acceptors (Lipinski definition) is 4. The molecule has 1 N–H and O–H groups in total. The van der Waals surface area contributed by atoms with Crippen LogP contribution in [0.4, 0.5) is 5.69 Å². The zero-order chi connectivity index (χ0) is 18.4. The van der Waals surface area contributed by atoms with E-state index in [2.05, 4.69) is 27.4 Å². The van der Waals surface area contributed by atoms with Crippen LogP contribution in [0.5, 0.6) is 5.75 Å². The number of thiazole rings is 1. The minimum absolute atomic E-state index is 0.0339. The summed E-state index contributed by atoms with van der Waals surface area (Å²) in [4.78, 5) is 16.9. The van der Waals surface area contributed by atoms with E-state index >= 15 is 0 Å². The number of aromatic nitrogens is 1. The van der Waals surface area contributed by atoms with Gasteiger partial charge in [-0.15, -0.1) is 11.3 Å². The molecule has 0 spiro atoms. The lowest BCUT2D eigenvalue weighted by Crippen LogP contribution is -2.28. The number of nitrogens with one attached hydrogen (secondary N) is 1. The van der Waals surface area contributed by atoms with Crippen molar-refractivity contribution >= 4 is 22.9 Å². The van der Waals surface area contributed by atoms with Gasteiger partial charge >= 0.3 is 0 Å². The zero-order valence-corrected chi connectivity index (χ0v) is 15.6. The van der Waals surface area contributed by atoms with Gasteiger partial charge in [-0.25, -0.2) is 4.99 Å². The van der Waals surface area contributed by atoms with E-state index < -0.39 is 0 Å². The molecule has 2 aromatic carbocycles. The summed E-state index contributed by atoms with van der Waals surface area (Å²) in [5, 5.41) is 4.95. The van der Waals surface area contributed by atoms with Crippen molar-refractivity contribution < 1.29 is 9.53 Å². The Bertz CT molecular complexity index is 945. The lowest BCUT2D eigenvalue weighted by atomic mass is 10.2. The molecule has 0 aliphatic heterocycles. The van der Waals surface area contributed by atoms with Gasteiger partial charge in [-0.3, -0.25) is 4.79 Å². The second-order valence-corrected chi connectivity index (χ2v) is 6.55. The smallest absolute Gasteiger partial charge is 0.216 e. The summed E-state index contributed by atoms with van der Waals surface area (Å²) in [5.74, 6) is 0.740. The fraction of sp³-hybridized carbons (Fsp3) is 0.200. The Morgan fingerprint density at radius 2 is 2.00 bits per heavy atom. The summed E-state index contributed by atoms with van der Waals surface area (Å²) >= 11 is 1.58. The van der Waals surface area contributed by atoms with E-state index in [-0.39, 0.29) is 5.91 Å². The standard InChI is InChI=1S/C20H21N3O2S/c1-15(24)21-11-12-23-19(16-7-4-3-5-8-16)14-26-20(23)22-17-9-6-10-18(13-17)25-2/h3-10,13-14H,11-12H2,1-2H3,(H,21,24). The van der Waals surface area contributed by atoms with E-state index in [4.69, 9.17) is 9.73 Å². The Morgan fingerprint density at radius 3 is 2.73 bits per heavy atom. The third kappa shape index (κ3) is 4.40. The molecule has 5 nitrogen and oxygen atoms in total. The number of carbonyl (C=O) groups excluding carboxylic acids is 1. The third-order valence-corrected chi connectivity index (χ3v) is 4.72. The van der Waals surface area contributed by atoms with Gasteiger partial charge in [-0.05, 0) is 17.7 Å². The molecule has 6 heteroatoms. The van der Waals surface area contributed by atoms with Gasteiger partial charge in [0.2, 0.25) is 5.91 Å². The summed E-state index contributed by atoms with van der Waals surface area (Å²) in [6, 6.07) is 17.9. The molecule has 0 atom stereocenters. The summed E-state index contributed by atoms with van der Waals surface area (Å²) in [6.07, 6.45) is 0. The first-order valence-electron chi connectivity index (χ1n) is 8.34. The van der Waals surface area contributed by atoms with Crippen LogP contribution in [0.25, 0.3) is 11.3 Å². The molecule has 134 valence electrons. The van der Waals surface area contributed by atoms with Crippen molar-refractivity contribution in [3.05, 3.63) is 64.8 Å². The average Bonchev–Trinajstić information content (AvgIpc) is 3.05. The fourth-order valence-electron chi connectivity index (χ4n) is 2.61. The lowest BCUT2D eigenvalue weighted by molar-refractivity contribution is -0.118. The highest BCUT2D eigenvalue weighted by molar-refractivity contribution is 7.07. The van der Waals surface area contributed by atoms with E-state index in [1.165, 1.54) is 6.92 Å². The highest BCUT2D eigenvalue weighted by Crippen LogP contribution is 2.22. The van der Waals surface area contributed by atoms with Gasteiger partial charge < -0.3 is 14.6 Å². The number of nitrogens with zero attached hydrogens (tertiary/aromatic N) is 2. The molecule has 1 aromatic heterocycles. The summed E-state index contributed by atoms with van der Waals surface area (Å²) < 4.78 is 7.41. The summed E-state index contributed by atoms with van der Waals surface area (Å²) in [7, 11) is 1.64. The third-order valence-electron chi connectivity index (χ3n) is 3.85. The lowest BCUT2D eigenvalue weighted by Gasteiger charge is -2.09. The van der Waals surface area contributed by atoms with E-state index in [1.807, 2.05) is 42.5 Å². The number of methoxy groups -OCH3 is 1. The van der Waals surface area contributed by atoms with Gasteiger partial charge in [0.25, 0.3) is 0 Å². The number of rotatable bonds is 6. The first kappa shape index (κ1) is 17.9. The number of carbonyl (C=O) groups is 1. The molecule has 0 saturated heterocycles. The second-order valence-electron chi connectivity index (χ2n) is 5.72. The SMILES string of the molecule is COc1cccc(N=c2scc(-c3ccccc3)n2CCNC(C)=O)c1. The first-order chi connectivity index (χ1) is 12.7. The Balaban J connectivity index is 2.02. The Labute approximate surface area is 156 Å². The van der Waals surface area contributed by atoms with Crippen LogP contribution < -0.4 is 14.9 Å². The van der Waals surface area contributed by atoms with Crippen molar-refractivity contribution in [2.75, 3.05) is 13.7 Å². The van der Waals surface area contributed by atoms with Gasteiger partial charge in [0.05, 0.1) is 18.5 Å². The van der Waals surface area contributed by atoms with E-state index in [1.54, 1.807) is 18.4 Å². The van der Waals surface area contributed by atoms with E-state index in [9.17, 15) is 4.79 Å². The maximum Gasteiger partial charge on any atom is 0.216 e. The van der Waals surface area contributed by atoms with Gasteiger partial charge in [-0.2, -0.15) is 0 Å². The highest BCUT2D eigenvalue weighted by atomic mass is 32.1. The summed E-state index contributed by atoms with van der Waals surface area (Å²) in [5.41, 5.74) is 3.04. The first-order valence-corrected chi connectivity index (χ1v) is 9.22. The topological polar surface area (TPSA) is 55.6 Å². The number of ether oxygens (including phenoxy) is 1. The van der Waals surface area contributed by atoms with Gasteiger partial charge in [0, 0.05) is 31.5 Å². The molecule has 3 rings (SSSR count). The Hall–Kier alpha value is -2.86. The van der Waals surface area contributed by atoms with Crippen LogP contribution >= 0.6 is 11.3 Å². The van der Waals surface area contributed by atoms with Crippen molar-refractivity contribution in [2.24, 2.45) is 4.99 Å². The molecule has 0 unspecified atom stereocenters. The van der Waals surface area contributed by atoms with Crippen molar-refractivity contribution in [2.45, 2.75) is 13.5 Å². The minimum Gasteiger partial charge on any atom is -0.497 e. The fourth-order valence-corrected chi connectivity index (χ4v) is 3.56. The van der Waals surface area contributed by atoms with Crippen molar-refractivity contribution in [3.8, 4) is 17.0 Å². The molecule has 0 bridgehead atoms. The van der Waals surface area contributed by atoms with Gasteiger partial charge in [0.1, 0.15) is 5.75 Å². The normalized spacial score (nSPS) is 11.4. The highest BCUT2D eigenvalue weighted by Gasteiger charge is 2.08. The maximum atomic E-state index is 11.2. The zero-order valence-electron chi connectivity index (χ0n) is 14.8. The monoisotopic (exact) mass is 367 g/mol. The predicted octanol–water partition coefficient (Wildman–Crippen LogP) is 3.59. The largest absolute Gasteiger partial charge is 0.497 e. The van der Waals surface area contributed by atoms with Crippen LogP contribution in [0, 0.1) is 0 Å². The van der Waals surface area contributed by atoms with E-state index in [0.29, 0.717) is 13.1 Å². The van der Waals surface area contributed by atoms with Crippen LogP contribution in [-0.4, -0.2) is 24.1 Å². The summed E-state index contributed by atoms with van der Waals surface area (Å²) in [6.45, 7) is 2.73. The Morgan fingerprint density at radius 1 is 1.19 bits per heavy atom. The Kier molecular flexibility index (Phi) is 5.86. The molecule has 26 heavy (non-hydrogen) atoms. The molecule has 1 amide bonds. The van der Waals surface area contributed by atoms with Crippen LogP contribution in [0.2, 0.25) is 0 Å². The number of amides is 1. The molecule has 0 radical (unpaired) electrons. The second kappa shape index (κ2) is 8.49. The van der Waals surface area contributed by atoms with Crippen molar-refractivity contribution in [3.63, 3.8) is 0 Å². The molecular formula is C20H21N3O2S. The molecule has 1 heterocycles. The number of benzene rings is 2. The molecule has 0 aliphatic carbocycles. The molecular weight excluding hydrogens is 346 g/mol. The number of hydrogen-bond donors (Lipinski definition) is 1. The van der Waals surface area contributed by atoms with Crippen molar-refractivity contribution in [1.29, 1.82) is 0 Å². The van der Waals surface area contributed by atoms with Crippen LogP contribution in [0.15, 0.2) is 65.0 Å². The van der Waals surface area contributed by atoms with Gasteiger partial charge in [-0.1, -0.05) is 36.4 Å². The molecule has 0 fully saturated rings. The van der Waals surface area contributed by atoms with E-state index in [0.717, 1.165) is 27.5 Å². The minimum atomic E-state index is -0.0339. The maximum absolute atomic E-state index is 11.2. The van der Waals surface area contributed by atoms with Crippen LogP contribution in [0.1, 0.15) is 6.92 Å². The molecule has 3 aromatic rings. The predicted molar refractivity (Wildman–Crippen MR) is 105 cm³/mol. The van der Waals surface area contributed by atoms with Crippen LogP contribution in [-0.2, 0) is 11.3 Å². The molecule has 0 aliphatic rings. The van der Waals surface area contributed by atoms with Gasteiger partial charge in [0.15, 0.2) is 4.80 Å². The van der Waals surface area contributed by atoms with Crippen LogP contribution in [0.3, 0.4) is 0 Å². The van der Waals surface area contributed by atoms with Crippen molar-refractivity contribution in [1.82, 2.24) is 9.88 Å². The molecule has 0 saturated carbocycles.